The molecule has 0 atom stereocenters. The molecule has 2 N–H and O–H groups in total. The Morgan fingerprint density at radius 2 is 1.47 bits per heavy atom. The van der Waals surface area contributed by atoms with Crippen molar-refractivity contribution in [3.05, 3.63) is 148 Å². The Hall–Kier alpha value is -4.74. The second-order valence-corrected chi connectivity index (χ2v) is 8.95. The number of anilines is 1. The Morgan fingerprint density at radius 1 is 0.763 bits per heavy atom. The van der Waals surface area contributed by atoms with Gasteiger partial charge < -0.3 is 10.6 Å². The van der Waals surface area contributed by atoms with Crippen molar-refractivity contribution in [2.45, 2.75) is 6.92 Å². The monoisotopic (exact) mass is 520 g/mol. The summed E-state index contributed by atoms with van der Waals surface area (Å²) in [4.78, 5) is 38.6. The van der Waals surface area contributed by atoms with Crippen molar-refractivity contribution in [2.75, 3.05) is 5.32 Å². The highest BCUT2D eigenvalue weighted by Crippen LogP contribution is 2.19. The molecule has 0 saturated carbocycles. The molecule has 188 valence electrons. The molecule has 4 aromatic rings. The van der Waals surface area contributed by atoms with Crippen LogP contribution in [0.5, 0.6) is 0 Å². The van der Waals surface area contributed by atoms with Gasteiger partial charge in [-0.1, -0.05) is 83.9 Å². The second kappa shape index (κ2) is 12.5. The SMILES string of the molecule is Cc1cccc(/C=C/C(=O)c2ccc(NC(=O)/C(=C/c3ccccc3Cl)NC(=O)c3ccccc3)cc2)c1. The number of halogens is 1. The number of aryl methyl sites for hydroxylation is 1. The summed E-state index contributed by atoms with van der Waals surface area (Å²) in [6, 6.07) is 30.0. The number of allylic oxidation sites excluding steroid dienone is 1. The Kier molecular flexibility index (Phi) is 8.65. The van der Waals surface area contributed by atoms with E-state index >= 15 is 0 Å². The summed E-state index contributed by atoms with van der Waals surface area (Å²) < 4.78 is 0. The van der Waals surface area contributed by atoms with Crippen LogP contribution in [0.1, 0.15) is 37.4 Å². The normalized spacial score (nSPS) is 11.3. The fourth-order valence-corrected chi connectivity index (χ4v) is 3.84. The van der Waals surface area contributed by atoms with Crippen LogP contribution >= 0.6 is 11.6 Å². The molecule has 0 radical (unpaired) electrons. The Labute approximate surface area is 226 Å². The summed E-state index contributed by atoms with van der Waals surface area (Å²) >= 11 is 6.28. The van der Waals surface area contributed by atoms with Gasteiger partial charge in [-0.05, 0) is 72.7 Å². The maximum absolute atomic E-state index is 13.2. The van der Waals surface area contributed by atoms with Crippen LogP contribution in [0.15, 0.2) is 115 Å². The second-order valence-electron chi connectivity index (χ2n) is 8.54. The van der Waals surface area contributed by atoms with Gasteiger partial charge in [0, 0.05) is 21.8 Å². The Morgan fingerprint density at radius 3 is 2.18 bits per heavy atom. The molecular weight excluding hydrogens is 496 g/mol. The first-order valence-electron chi connectivity index (χ1n) is 11.9. The van der Waals surface area contributed by atoms with E-state index < -0.39 is 11.8 Å². The molecule has 0 fully saturated rings. The topological polar surface area (TPSA) is 75.3 Å². The number of ketones is 1. The lowest BCUT2D eigenvalue weighted by Crippen LogP contribution is -2.30. The zero-order valence-electron chi connectivity index (χ0n) is 20.6. The molecule has 6 heteroatoms. The van der Waals surface area contributed by atoms with Gasteiger partial charge in [0.05, 0.1) is 0 Å². The quantitative estimate of drug-likeness (QED) is 0.195. The van der Waals surface area contributed by atoms with Gasteiger partial charge in [-0.3, -0.25) is 14.4 Å². The van der Waals surface area contributed by atoms with Gasteiger partial charge in [0.1, 0.15) is 5.70 Å². The molecule has 0 saturated heterocycles. The van der Waals surface area contributed by atoms with Crippen LogP contribution < -0.4 is 10.6 Å². The Balaban J connectivity index is 1.50. The van der Waals surface area contributed by atoms with Gasteiger partial charge in [0.15, 0.2) is 5.78 Å². The van der Waals surface area contributed by atoms with Crippen LogP contribution in [0.25, 0.3) is 12.2 Å². The van der Waals surface area contributed by atoms with E-state index in [2.05, 4.69) is 10.6 Å². The first-order valence-corrected chi connectivity index (χ1v) is 12.3. The van der Waals surface area contributed by atoms with Crippen molar-refractivity contribution < 1.29 is 14.4 Å². The van der Waals surface area contributed by atoms with E-state index in [0.29, 0.717) is 27.4 Å². The number of hydrogen-bond acceptors (Lipinski definition) is 3. The third-order valence-electron chi connectivity index (χ3n) is 5.63. The lowest BCUT2D eigenvalue weighted by Gasteiger charge is -2.12. The van der Waals surface area contributed by atoms with Crippen molar-refractivity contribution in [3.63, 3.8) is 0 Å². The highest BCUT2D eigenvalue weighted by molar-refractivity contribution is 6.32. The predicted octanol–water partition coefficient (Wildman–Crippen LogP) is 6.95. The number of nitrogens with one attached hydrogen (secondary N) is 2. The van der Waals surface area contributed by atoms with E-state index in [1.807, 2.05) is 31.2 Å². The van der Waals surface area contributed by atoms with Crippen LogP contribution in [-0.4, -0.2) is 17.6 Å². The van der Waals surface area contributed by atoms with Crippen LogP contribution in [0.3, 0.4) is 0 Å². The molecule has 0 unspecified atom stereocenters. The standard InChI is InChI=1S/C32H25ClN2O3/c1-22-8-7-9-23(20-22)14-19-30(36)24-15-17-27(18-16-24)34-32(38)29(21-26-12-5-6-13-28(26)33)35-31(37)25-10-3-2-4-11-25/h2-21H,1H3,(H,34,38)(H,35,37)/b19-14+,29-21-. The van der Waals surface area contributed by atoms with E-state index in [1.54, 1.807) is 84.9 Å². The molecule has 0 bridgehead atoms. The molecule has 38 heavy (non-hydrogen) atoms. The van der Waals surface area contributed by atoms with Crippen LogP contribution in [0.2, 0.25) is 5.02 Å². The van der Waals surface area contributed by atoms with Gasteiger partial charge in [0.25, 0.3) is 11.8 Å². The number of hydrogen-bond donors (Lipinski definition) is 2. The van der Waals surface area contributed by atoms with Crippen LogP contribution in [-0.2, 0) is 4.79 Å². The minimum Gasteiger partial charge on any atom is -0.321 e. The molecule has 0 aliphatic heterocycles. The summed E-state index contributed by atoms with van der Waals surface area (Å²) in [5.74, 6) is -1.12. The fourth-order valence-electron chi connectivity index (χ4n) is 3.65. The first kappa shape index (κ1) is 26.3. The van der Waals surface area contributed by atoms with Gasteiger partial charge in [0.2, 0.25) is 0 Å². The number of benzene rings is 4. The van der Waals surface area contributed by atoms with Gasteiger partial charge in [-0.25, -0.2) is 0 Å². The molecule has 0 heterocycles. The zero-order valence-corrected chi connectivity index (χ0v) is 21.4. The van der Waals surface area contributed by atoms with Gasteiger partial charge >= 0.3 is 0 Å². The highest BCUT2D eigenvalue weighted by Gasteiger charge is 2.16. The maximum atomic E-state index is 13.2. The summed E-state index contributed by atoms with van der Waals surface area (Å²) in [5.41, 5.74) is 4.01. The molecule has 2 amide bonds. The van der Waals surface area contributed by atoms with E-state index in [-0.39, 0.29) is 11.5 Å². The summed E-state index contributed by atoms with van der Waals surface area (Å²) in [7, 11) is 0. The number of carbonyl (C=O) groups excluding carboxylic acids is 3. The summed E-state index contributed by atoms with van der Waals surface area (Å²) in [5, 5.41) is 5.90. The molecule has 5 nitrogen and oxygen atoms in total. The van der Waals surface area contributed by atoms with E-state index in [1.165, 1.54) is 12.2 Å². The molecule has 0 aliphatic rings. The average Bonchev–Trinajstić information content (AvgIpc) is 2.93. The average molecular weight is 521 g/mol. The fraction of sp³-hybridized carbons (Fsp3) is 0.0312. The molecule has 4 aromatic carbocycles. The zero-order chi connectivity index (χ0) is 26.9. The number of rotatable bonds is 8. The third-order valence-corrected chi connectivity index (χ3v) is 5.97. The lowest BCUT2D eigenvalue weighted by atomic mass is 10.1. The largest absolute Gasteiger partial charge is 0.321 e. The lowest BCUT2D eigenvalue weighted by molar-refractivity contribution is -0.113. The predicted molar refractivity (Wildman–Crippen MR) is 153 cm³/mol. The summed E-state index contributed by atoms with van der Waals surface area (Å²) in [6.07, 6.45) is 4.81. The molecule has 0 spiro atoms. The van der Waals surface area contributed by atoms with Crippen molar-refractivity contribution in [3.8, 4) is 0 Å². The number of carbonyl (C=O) groups is 3. The molecule has 0 aliphatic carbocycles. The molecule has 4 rings (SSSR count). The van der Waals surface area contributed by atoms with Crippen molar-refractivity contribution in [1.29, 1.82) is 0 Å². The van der Waals surface area contributed by atoms with Crippen molar-refractivity contribution in [2.24, 2.45) is 0 Å². The van der Waals surface area contributed by atoms with E-state index in [0.717, 1.165) is 11.1 Å². The Bertz CT molecular complexity index is 1520. The summed E-state index contributed by atoms with van der Waals surface area (Å²) in [6.45, 7) is 1.99. The van der Waals surface area contributed by atoms with Crippen molar-refractivity contribution in [1.82, 2.24) is 5.32 Å². The highest BCUT2D eigenvalue weighted by atomic mass is 35.5. The minimum atomic E-state index is -0.535. The number of amides is 2. The first-order chi connectivity index (χ1) is 18.4. The smallest absolute Gasteiger partial charge is 0.272 e. The van der Waals surface area contributed by atoms with E-state index in [4.69, 9.17) is 11.6 Å². The minimum absolute atomic E-state index is 0.0215. The maximum Gasteiger partial charge on any atom is 0.272 e. The third kappa shape index (κ3) is 7.15. The van der Waals surface area contributed by atoms with Crippen LogP contribution in [0, 0.1) is 6.92 Å². The van der Waals surface area contributed by atoms with Gasteiger partial charge in [-0.2, -0.15) is 0 Å². The van der Waals surface area contributed by atoms with Gasteiger partial charge in [-0.15, -0.1) is 0 Å². The molecule has 0 aromatic heterocycles. The van der Waals surface area contributed by atoms with Crippen LogP contribution in [0.4, 0.5) is 5.69 Å². The molecular formula is C32H25ClN2O3. The van der Waals surface area contributed by atoms with Crippen molar-refractivity contribution >= 4 is 47.0 Å². The van der Waals surface area contributed by atoms with E-state index in [9.17, 15) is 14.4 Å².